The first-order valence-electron chi connectivity index (χ1n) is 17.1. The second kappa shape index (κ2) is 14.3. The number of carbonyl (C=O) groups is 2. The number of halogens is 1. The number of hydrogen-bond donors (Lipinski definition) is 1. The van der Waals surface area contributed by atoms with Crippen LogP contribution in [-0.2, 0) is 41.9 Å². The van der Waals surface area contributed by atoms with E-state index in [-0.39, 0.29) is 12.2 Å². The summed E-state index contributed by atoms with van der Waals surface area (Å²) in [6.45, 7) is 14.1. The molecule has 8 heterocycles. The Kier molecular flexibility index (Phi) is 9.89. The molecule has 0 saturated heterocycles. The molecule has 2 amide bonds. The summed E-state index contributed by atoms with van der Waals surface area (Å²) in [5.74, 6) is 1.20. The number of carbonyl (C=O) groups excluding carboxylic acids is 2. The van der Waals surface area contributed by atoms with E-state index in [1.165, 1.54) is 17.5 Å². The van der Waals surface area contributed by atoms with Crippen LogP contribution in [0, 0.1) is 0 Å². The van der Waals surface area contributed by atoms with Gasteiger partial charge in [-0.1, -0.05) is 11.6 Å². The van der Waals surface area contributed by atoms with Gasteiger partial charge in [0, 0.05) is 34.6 Å². The van der Waals surface area contributed by atoms with Crippen molar-refractivity contribution in [3.8, 4) is 5.88 Å². The molecular weight excluding hydrogens is 738 g/mol. The van der Waals surface area contributed by atoms with E-state index in [1.807, 2.05) is 53.8 Å². The molecule has 0 bridgehead atoms. The number of rotatable bonds is 3. The van der Waals surface area contributed by atoms with Gasteiger partial charge in [-0.25, -0.2) is 34.5 Å². The van der Waals surface area contributed by atoms with E-state index in [2.05, 4.69) is 35.2 Å². The molecule has 0 aromatic carbocycles. The molecule has 3 aliphatic rings. The highest BCUT2D eigenvalue weighted by atomic mass is 35.5. The summed E-state index contributed by atoms with van der Waals surface area (Å²) in [6, 6.07) is 1.98. The van der Waals surface area contributed by atoms with Crippen molar-refractivity contribution >= 4 is 84.6 Å². The number of thiophene rings is 2. The van der Waals surface area contributed by atoms with Crippen LogP contribution >= 0.6 is 34.3 Å². The molecule has 5 aromatic rings. The monoisotopic (exact) mass is 777 g/mol. The third-order valence-corrected chi connectivity index (χ3v) is 11.1. The smallest absolute Gasteiger partial charge is 0.410 e. The Balaban J connectivity index is 0.000000179. The maximum Gasteiger partial charge on any atom is 0.410 e. The van der Waals surface area contributed by atoms with E-state index in [9.17, 15) is 9.59 Å². The number of amides is 2. The third kappa shape index (κ3) is 7.85. The predicted octanol–water partition coefficient (Wildman–Crippen LogP) is 7.70. The van der Waals surface area contributed by atoms with E-state index >= 15 is 0 Å². The molecule has 0 atom stereocenters. The number of aliphatic imine (C=N–C) groups is 1. The van der Waals surface area contributed by atoms with Crippen molar-refractivity contribution in [2.24, 2.45) is 4.99 Å². The number of pyridine rings is 1. The number of aromatic nitrogens is 5. The number of anilines is 2. The zero-order chi connectivity index (χ0) is 37.7. The molecule has 0 saturated carbocycles. The maximum atomic E-state index is 12.5. The van der Waals surface area contributed by atoms with Gasteiger partial charge in [-0.05, 0) is 71.6 Å². The molecule has 278 valence electrons. The predicted molar refractivity (Wildman–Crippen MR) is 206 cm³/mol. The van der Waals surface area contributed by atoms with Gasteiger partial charge in [0.2, 0.25) is 5.88 Å². The van der Waals surface area contributed by atoms with Crippen LogP contribution in [-0.4, -0.2) is 84.5 Å². The first-order valence-corrected chi connectivity index (χ1v) is 19.1. The summed E-state index contributed by atoms with van der Waals surface area (Å²) in [5, 5.41) is 5.80. The maximum absolute atomic E-state index is 12.5. The summed E-state index contributed by atoms with van der Waals surface area (Å²) in [5.41, 5.74) is 3.93. The van der Waals surface area contributed by atoms with E-state index in [4.69, 9.17) is 25.8 Å². The number of methoxy groups -OCH3 is 1. The quantitative estimate of drug-likeness (QED) is 0.179. The largest absolute Gasteiger partial charge is 0.480 e. The molecule has 1 N–H and O–H groups in total. The summed E-state index contributed by atoms with van der Waals surface area (Å²) in [4.78, 5) is 58.3. The Hall–Kier alpha value is -4.67. The first-order chi connectivity index (χ1) is 25.2. The Bertz CT molecular complexity index is 2260. The van der Waals surface area contributed by atoms with Gasteiger partial charge in [0.25, 0.3) is 0 Å². The van der Waals surface area contributed by atoms with Gasteiger partial charge >= 0.3 is 12.2 Å². The van der Waals surface area contributed by atoms with Crippen LogP contribution in [0.25, 0.3) is 20.4 Å². The fourth-order valence-electron chi connectivity index (χ4n) is 6.27. The van der Waals surface area contributed by atoms with Gasteiger partial charge in [0.05, 0.1) is 43.2 Å². The molecule has 0 spiro atoms. The number of nitrogens with zero attached hydrogens (tertiary/aromatic N) is 8. The topological polar surface area (TPSA) is 157 Å². The third-order valence-electron chi connectivity index (χ3n) is 8.55. The second-order valence-electron chi connectivity index (χ2n) is 14.7. The molecular formula is C36H40ClN9O5S2. The number of hydrogen-bond acceptors (Lipinski definition) is 14. The molecule has 14 nitrogen and oxygen atoms in total. The lowest BCUT2D eigenvalue weighted by atomic mass is 10.1. The number of nitrogens with one attached hydrogen (secondary N) is 1. The van der Waals surface area contributed by atoms with Crippen molar-refractivity contribution in [2.45, 2.75) is 85.2 Å². The van der Waals surface area contributed by atoms with Crippen molar-refractivity contribution in [1.82, 2.24) is 34.7 Å². The highest BCUT2D eigenvalue weighted by Crippen LogP contribution is 2.40. The Morgan fingerprint density at radius 1 is 0.830 bits per heavy atom. The average Bonchev–Trinajstić information content (AvgIpc) is 3.81. The van der Waals surface area contributed by atoms with E-state index < -0.39 is 11.2 Å². The van der Waals surface area contributed by atoms with Crippen LogP contribution < -0.4 is 10.1 Å². The lowest BCUT2D eigenvalue weighted by Crippen LogP contribution is -2.39. The minimum Gasteiger partial charge on any atom is -0.480 e. The van der Waals surface area contributed by atoms with Crippen LogP contribution in [0.2, 0.25) is 5.15 Å². The highest BCUT2D eigenvalue weighted by molar-refractivity contribution is 7.19. The summed E-state index contributed by atoms with van der Waals surface area (Å²) < 4.78 is 16.5. The van der Waals surface area contributed by atoms with Gasteiger partial charge in [0.1, 0.15) is 50.2 Å². The number of fused-ring (bicyclic) bond motifs is 7. The summed E-state index contributed by atoms with van der Waals surface area (Å²) >= 11 is 9.32. The fraction of sp³-hybridized carbons (Fsp3) is 0.444. The minimum atomic E-state index is -0.520. The lowest BCUT2D eigenvalue weighted by Gasteiger charge is -2.30. The van der Waals surface area contributed by atoms with Crippen molar-refractivity contribution < 1.29 is 23.8 Å². The minimum absolute atomic E-state index is 0.275. The zero-order valence-electron chi connectivity index (χ0n) is 30.6. The van der Waals surface area contributed by atoms with Crippen molar-refractivity contribution in [3.63, 3.8) is 0 Å². The van der Waals surface area contributed by atoms with Gasteiger partial charge < -0.3 is 29.3 Å². The number of ether oxygens (including phenoxy) is 3. The molecule has 0 aliphatic carbocycles. The Morgan fingerprint density at radius 3 is 1.98 bits per heavy atom. The van der Waals surface area contributed by atoms with Gasteiger partial charge in [-0.3, -0.25) is 4.99 Å². The highest BCUT2D eigenvalue weighted by Gasteiger charge is 2.31. The standard InChI is InChI=1S/C22H24N6O3S.C14H16ClN3O2S/c1-22(2,3)31-21(29)28-6-5-13-16(10-28)32-20-17(13)18(24-11-25-20)26-14-7-12-8-23-9-15(12)27-19(14)30-4;1-14(2,3)20-13(19)18-5-4-8-9(6-18)21-12-10(8)11(15)16-7-17-12/h7-8,11H,5-6,9-10H2,1-4H3,(H,24,25,26);7H,4-6H2,1-3H3. The van der Waals surface area contributed by atoms with Crippen LogP contribution in [0.1, 0.15) is 73.7 Å². The first kappa shape index (κ1) is 36.7. The van der Waals surface area contributed by atoms with Gasteiger partial charge in [-0.15, -0.1) is 22.7 Å². The van der Waals surface area contributed by atoms with E-state index in [0.29, 0.717) is 56.0 Å². The average molecular weight is 778 g/mol. The molecule has 0 radical (unpaired) electrons. The van der Waals surface area contributed by atoms with Crippen molar-refractivity contribution in [2.75, 3.05) is 25.5 Å². The molecule has 0 fully saturated rings. The fourth-order valence-corrected chi connectivity index (χ4v) is 8.98. The summed E-state index contributed by atoms with van der Waals surface area (Å²) in [6.07, 6.45) is 5.74. The molecule has 3 aliphatic heterocycles. The normalized spacial score (nSPS) is 15.0. The van der Waals surface area contributed by atoms with Crippen LogP contribution in [0.5, 0.6) is 5.88 Å². The summed E-state index contributed by atoms with van der Waals surface area (Å²) in [7, 11) is 1.60. The molecule has 53 heavy (non-hydrogen) atoms. The van der Waals surface area contributed by atoms with Crippen molar-refractivity contribution in [3.05, 3.63) is 56.0 Å². The molecule has 5 aromatic heterocycles. The van der Waals surface area contributed by atoms with E-state index in [1.54, 1.807) is 45.9 Å². The van der Waals surface area contributed by atoms with Gasteiger partial charge in [0.15, 0.2) is 0 Å². The Morgan fingerprint density at radius 2 is 1.40 bits per heavy atom. The van der Waals surface area contributed by atoms with Crippen molar-refractivity contribution in [1.29, 1.82) is 0 Å². The molecule has 17 heteroatoms. The Labute approximate surface area is 319 Å². The van der Waals surface area contributed by atoms with E-state index in [0.717, 1.165) is 53.6 Å². The molecule has 0 unspecified atom stereocenters. The SMILES string of the molecule is CC(C)(C)OC(=O)N1CCc2c(sc3ncnc(Cl)c23)C1.COc1nc2c(cc1Nc1ncnc3sc4c(c13)CCN(C(=O)OC(C)(C)C)C4)C=NC2. The van der Waals surface area contributed by atoms with Crippen LogP contribution in [0.15, 0.2) is 23.7 Å². The molecule has 8 rings (SSSR count). The lowest BCUT2D eigenvalue weighted by molar-refractivity contribution is 0.0217. The van der Waals surface area contributed by atoms with Gasteiger partial charge in [-0.2, -0.15) is 0 Å². The zero-order valence-corrected chi connectivity index (χ0v) is 33.0. The van der Waals surface area contributed by atoms with Crippen LogP contribution in [0.3, 0.4) is 0 Å². The van der Waals surface area contributed by atoms with Crippen LogP contribution in [0.4, 0.5) is 21.1 Å². The second-order valence-corrected chi connectivity index (χ2v) is 17.3.